The first kappa shape index (κ1) is 13.3. The third-order valence-electron chi connectivity index (χ3n) is 3.19. The molecule has 0 saturated heterocycles. The number of thiophene rings is 1. The van der Waals surface area contributed by atoms with Crippen molar-refractivity contribution in [2.45, 2.75) is 11.8 Å². The largest absolute Gasteiger partial charge is 0.143 e. The van der Waals surface area contributed by atoms with Crippen molar-refractivity contribution in [1.82, 2.24) is 0 Å². The van der Waals surface area contributed by atoms with Gasteiger partial charge in [-0.1, -0.05) is 52.3 Å². The molecule has 0 spiro atoms. The summed E-state index contributed by atoms with van der Waals surface area (Å²) in [4.78, 5) is 2.91. The Hall–Kier alpha value is -0.640. The fourth-order valence-electron chi connectivity index (χ4n) is 2.14. The number of alkyl halides is 1. The third-order valence-corrected chi connectivity index (χ3v) is 6.72. The molecule has 0 bridgehead atoms. The van der Waals surface area contributed by atoms with Crippen LogP contribution in [0.1, 0.15) is 20.1 Å². The number of fused-ring (bicyclic) bond motifs is 1. The Morgan fingerprint density at radius 3 is 2.42 bits per heavy atom. The fraction of sp³-hybridized carbons (Fsp3) is 0.125. The molecule has 2 aromatic carbocycles. The molecule has 3 heteroatoms. The van der Waals surface area contributed by atoms with Crippen LogP contribution in [-0.2, 0) is 0 Å². The molecule has 0 N–H and O–H groups in total. The molecule has 0 fully saturated rings. The van der Waals surface area contributed by atoms with Crippen LogP contribution in [0.3, 0.4) is 0 Å². The first-order valence-electron chi connectivity index (χ1n) is 6.04. The molecular formula is C16H12Br2S. The summed E-state index contributed by atoms with van der Waals surface area (Å²) in [5.74, 6) is 0. The van der Waals surface area contributed by atoms with Gasteiger partial charge in [-0.05, 0) is 51.3 Å². The van der Waals surface area contributed by atoms with Crippen molar-refractivity contribution in [3.05, 3.63) is 68.3 Å². The Kier molecular flexibility index (Phi) is 3.79. The van der Waals surface area contributed by atoms with Crippen molar-refractivity contribution in [2.75, 3.05) is 0 Å². The van der Waals surface area contributed by atoms with Crippen LogP contribution in [0.5, 0.6) is 0 Å². The van der Waals surface area contributed by atoms with Gasteiger partial charge in [0.15, 0.2) is 0 Å². The third kappa shape index (κ3) is 2.64. The second-order valence-corrected chi connectivity index (χ2v) is 7.58. The van der Waals surface area contributed by atoms with E-state index in [1.807, 2.05) is 11.3 Å². The van der Waals surface area contributed by atoms with Crippen molar-refractivity contribution in [3.63, 3.8) is 0 Å². The summed E-state index contributed by atoms with van der Waals surface area (Å²) in [5, 5.41) is 2.58. The molecule has 3 rings (SSSR count). The van der Waals surface area contributed by atoms with Crippen molar-refractivity contribution < 1.29 is 0 Å². The number of aryl methyl sites for hydroxylation is 1. The molecule has 0 radical (unpaired) electrons. The Balaban J connectivity index is 2.03. The highest BCUT2D eigenvalue weighted by Crippen LogP contribution is 2.39. The minimum atomic E-state index is 0.257. The summed E-state index contributed by atoms with van der Waals surface area (Å²) in [6.07, 6.45) is 0. The van der Waals surface area contributed by atoms with Gasteiger partial charge in [-0.2, -0.15) is 0 Å². The van der Waals surface area contributed by atoms with Crippen molar-refractivity contribution >= 4 is 54.0 Å². The van der Waals surface area contributed by atoms with Gasteiger partial charge in [0, 0.05) is 14.2 Å². The van der Waals surface area contributed by atoms with Gasteiger partial charge in [0.25, 0.3) is 0 Å². The predicted molar refractivity (Wildman–Crippen MR) is 91.5 cm³/mol. The van der Waals surface area contributed by atoms with Gasteiger partial charge >= 0.3 is 0 Å². The van der Waals surface area contributed by atoms with E-state index in [0.29, 0.717) is 0 Å². The second-order valence-electron chi connectivity index (χ2n) is 4.52. The maximum absolute atomic E-state index is 3.82. The average molecular weight is 396 g/mol. The number of rotatable bonds is 2. The van der Waals surface area contributed by atoms with Gasteiger partial charge < -0.3 is 0 Å². The molecule has 1 unspecified atom stereocenters. The van der Waals surface area contributed by atoms with E-state index in [1.165, 1.54) is 30.6 Å². The van der Waals surface area contributed by atoms with Crippen LogP contribution >= 0.6 is 43.2 Å². The first-order chi connectivity index (χ1) is 9.15. The van der Waals surface area contributed by atoms with Crippen LogP contribution in [0, 0.1) is 6.92 Å². The van der Waals surface area contributed by atoms with Crippen LogP contribution in [-0.4, -0.2) is 0 Å². The van der Waals surface area contributed by atoms with E-state index >= 15 is 0 Å². The Morgan fingerprint density at radius 1 is 1.00 bits per heavy atom. The maximum Gasteiger partial charge on any atom is 0.0738 e. The van der Waals surface area contributed by atoms with E-state index in [4.69, 9.17) is 0 Å². The number of hydrogen-bond donors (Lipinski definition) is 0. The smallest absolute Gasteiger partial charge is 0.0738 e. The second kappa shape index (κ2) is 5.39. The Labute approximate surface area is 133 Å². The minimum Gasteiger partial charge on any atom is -0.143 e. The Morgan fingerprint density at radius 2 is 1.74 bits per heavy atom. The van der Waals surface area contributed by atoms with Crippen molar-refractivity contribution in [1.29, 1.82) is 0 Å². The summed E-state index contributed by atoms with van der Waals surface area (Å²) in [6.45, 7) is 2.14. The molecule has 0 saturated carbocycles. The van der Waals surface area contributed by atoms with Crippen molar-refractivity contribution in [2.24, 2.45) is 0 Å². The normalized spacial score (nSPS) is 12.8. The number of benzene rings is 2. The van der Waals surface area contributed by atoms with Gasteiger partial charge in [-0.3, -0.25) is 0 Å². The van der Waals surface area contributed by atoms with E-state index < -0.39 is 0 Å². The fourth-order valence-corrected chi connectivity index (χ4v) is 4.40. The molecule has 1 atom stereocenters. The lowest BCUT2D eigenvalue weighted by molar-refractivity contribution is 1.23. The highest BCUT2D eigenvalue weighted by molar-refractivity contribution is 9.10. The van der Waals surface area contributed by atoms with Crippen LogP contribution in [0.15, 0.2) is 53.0 Å². The molecule has 3 aromatic rings. The van der Waals surface area contributed by atoms with Gasteiger partial charge in [-0.15, -0.1) is 11.3 Å². The van der Waals surface area contributed by atoms with Crippen LogP contribution in [0.2, 0.25) is 0 Å². The van der Waals surface area contributed by atoms with Gasteiger partial charge in [0.1, 0.15) is 0 Å². The topological polar surface area (TPSA) is 0 Å². The monoisotopic (exact) mass is 394 g/mol. The lowest BCUT2D eigenvalue weighted by Crippen LogP contribution is -1.89. The van der Waals surface area contributed by atoms with Gasteiger partial charge in [0.2, 0.25) is 0 Å². The Bertz CT molecular complexity index is 711. The highest BCUT2D eigenvalue weighted by atomic mass is 79.9. The molecule has 0 aliphatic rings. The van der Waals surface area contributed by atoms with E-state index in [1.54, 1.807) is 0 Å². The van der Waals surface area contributed by atoms with Crippen LogP contribution < -0.4 is 0 Å². The zero-order valence-electron chi connectivity index (χ0n) is 10.4. The summed E-state index contributed by atoms with van der Waals surface area (Å²) in [5.41, 5.74) is 1.30. The van der Waals surface area contributed by atoms with E-state index in [9.17, 15) is 0 Å². The van der Waals surface area contributed by atoms with E-state index in [2.05, 4.69) is 87.3 Å². The molecule has 19 heavy (non-hydrogen) atoms. The lowest BCUT2D eigenvalue weighted by atomic mass is 10.0. The predicted octanol–water partition coefficient (Wildman–Crippen LogP) is 6.46. The molecular weight excluding hydrogens is 384 g/mol. The number of halogens is 2. The highest BCUT2D eigenvalue weighted by Gasteiger charge is 2.14. The van der Waals surface area contributed by atoms with Crippen molar-refractivity contribution in [3.8, 4) is 0 Å². The minimum absolute atomic E-state index is 0.257. The van der Waals surface area contributed by atoms with Gasteiger partial charge in [0.05, 0.1) is 4.83 Å². The zero-order chi connectivity index (χ0) is 13.4. The molecule has 0 amide bonds. The molecule has 1 heterocycles. The van der Waals surface area contributed by atoms with E-state index in [0.717, 1.165) is 0 Å². The summed E-state index contributed by atoms with van der Waals surface area (Å²) < 4.78 is 1.19. The molecule has 1 aromatic heterocycles. The zero-order valence-corrected chi connectivity index (χ0v) is 14.3. The average Bonchev–Trinajstić information content (AvgIpc) is 2.77. The SMILES string of the molecule is Cc1sc(C(Br)c2ccc3ccccc3c2)cc1Br. The van der Waals surface area contributed by atoms with E-state index in [-0.39, 0.29) is 4.83 Å². The van der Waals surface area contributed by atoms with Crippen LogP contribution in [0.25, 0.3) is 10.8 Å². The van der Waals surface area contributed by atoms with Crippen LogP contribution in [0.4, 0.5) is 0 Å². The molecule has 0 aliphatic carbocycles. The molecule has 96 valence electrons. The molecule has 0 aliphatic heterocycles. The first-order valence-corrected chi connectivity index (χ1v) is 8.56. The maximum atomic E-state index is 3.82. The molecule has 0 nitrogen and oxygen atoms in total. The lowest BCUT2D eigenvalue weighted by Gasteiger charge is -2.09. The van der Waals surface area contributed by atoms with Gasteiger partial charge in [-0.25, -0.2) is 0 Å². The summed E-state index contributed by atoms with van der Waals surface area (Å²) in [6, 6.07) is 17.3. The summed E-state index contributed by atoms with van der Waals surface area (Å²) in [7, 11) is 0. The quantitative estimate of drug-likeness (QED) is 0.437. The summed E-state index contributed by atoms with van der Waals surface area (Å²) >= 11 is 9.23. The number of hydrogen-bond acceptors (Lipinski definition) is 1. The standard InChI is InChI=1S/C16H12Br2S/c1-10-14(17)9-15(19-10)16(18)13-7-6-11-4-2-3-5-12(11)8-13/h2-9,16H,1H3.